The number of rotatable bonds is 4. The van der Waals surface area contributed by atoms with Gasteiger partial charge in [-0.2, -0.15) is 5.10 Å². The van der Waals surface area contributed by atoms with Crippen LogP contribution in [0.5, 0.6) is 0 Å². The predicted molar refractivity (Wildman–Crippen MR) is 69.9 cm³/mol. The van der Waals surface area contributed by atoms with Crippen LogP contribution in [0.4, 0.5) is 0 Å². The average molecular weight is 284 g/mol. The van der Waals surface area contributed by atoms with Crippen LogP contribution in [0.15, 0.2) is 24.5 Å². The first-order valence-corrected chi connectivity index (χ1v) is 6.10. The number of hydrogen-bond donors (Lipinski definition) is 0. The molecule has 0 aliphatic heterocycles. The van der Waals surface area contributed by atoms with Crippen LogP contribution in [0.25, 0.3) is 0 Å². The molecule has 94 valence electrons. The largest absolute Gasteiger partial charge is 0.299 e. The van der Waals surface area contributed by atoms with Crippen molar-refractivity contribution < 1.29 is 4.79 Å². The van der Waals surface area contributed by atoms with Gasteiger partial charge in [-0.3, -0.25) is 9.48 Å². The van der Waals surface area contributed by atoms with Gasteiger partial charge >= 0.3 is 0 Å². The Morgan fingerprint density at radius 3 is 2.72 bits per heavy atom. The molecule has 0 unspecified atom stereocenters. The molecule has 1 aromatic heterocycles. The van der Waals surface area contributed by atoms with Gasteiger partial charge < -0.3 is 0 Å². The van der Waals surface area contributed by atoms with E-state index in [2.05, 4.69) is 10.1 Å². The van der Waals surface area contributed by atoms with Crippen molar-refractivity contribution in [3.8, 4) is 0 Å². The van der Waals surface area contributed by atoms with E-state index in [1.54, 1.807) is 29.9 Å². The van der Waals surface area contributed by atoms with Crippen molar-refractivity contribution in [3.05, 3.63) is 46.0 Å². The van der Waals surface area contributed by atoms with Gasteiger partial charge in [0.1, 0.15) is 17.9 Å². The molecule has 0 radical (unpaired) electrons. The summed E-state index contributed by atoms with van der Waals surface area (Å²) < 4.78 is 1.58. The zero-order chi connectivity index (χ0) is 13.1. The summed E-state index contributed by atoms with van der Waals surface area (Å²) in [5.74, 6) is 0.681. The van der Waals surface area contributed by atoms with Gasteiger partial charge in [0.15, 0.2) is 0 Å². The summed E-state index contributed by atoms with van der Waals surface area (Å²) in [5.41, 5.74) is 0.772. The van der Waals surface area contributed by atoms with Crippen LogP contribution in [-0.4, -0.2) is 20.5 Å². The number of hydrogen-bond acceptors (Lipinski definition) is 3. The van der Waals surface area contributed by atoms with Crippen LogP contribution >= 0.6 is 23.2 Å². The van der Waals surface area contributed by atoms with E-state index in [-0.39, 0.29) is 18.6 Å². The first-order chi connectivity index (χ1) is 8.56. The van der Waals surface area contributed by atoms with E-state index in [1.807, 2.05) is 0 Å². The molecule has 0 aliphatic rings. The standard InChI is InChI=1S/C12H11Cl2N3O/c1-17-12(15-7-16-17)6-10(18)4-8-2-3-9(13)5-11(8)14/h2-3,5,7H,4,6H2,1H3. The molecule has 0 atom stereocenters. The van der Waals surface area contributed by atoms with E-state index in [0.29, 0.717) is 15.9 Å². The van der Waals surface area contributed by atoms with Gasteiger partial charge in [-0.15, -0.1) is 0 Å². The summed E-state index contributed by atoms with van der Waals surface area (Å²) in [5, 5.41) is 4.98. The maximum Gasteiger partial charge on any atom is 0.144 e. The second-order valence-electron chi connectivity index (χ2n) is 3.93. The second-order valence-corrected chi connectivity index (χ2v) is 4.77. The number of nitrogens with zero attached hydrogens (tertiary/aromatic N) is 3. The predicted octanol–water partition coefficient (Wildman–Crippen LogP) is 2.48. The zero-order valence-electron chi connectivity index (χ0n) is 9.73. The lowest BCUT2D eigenvalue weighted by Crippen LogP contribution is -2.11. The molecule has 4 nitrogen and oxygen atoms in total. The van der Waals surface area contributed by atoms with Gasteiger partial charge in [0.2, 0.25) is 0 Å². The third kappa shape index (κ3) is 3.09. The van der Waals surface area contributed by atoms with E-state index in [9.17, 15) is 4.79 Å². The smallest absolute Gasteiger partial charge is 0.144 e. The Hall–Kier alpha value is -1.39. The highest BCUT2D eigenvalue weighted by molar-refractivity contribution is 6.35. The minimum atomic E-state index is 0.0373. The minimum Gasteiger partial charge on any atom is -0.299 e. The van der Waals surface area contributed by atoms with E-state index >= 15 is 0 Å². The third-order valence-corrected chi connectivity index (χ3v) is 3.15. The van der Waals surface area contributed by atoms with Crippen molar-refractivity contribution in [1.29, 1.82) is 0 Å². The Bertz CT molecular complexity index is 580. The summed E-state index contributed by atoms with van der Waals surface area (Å²) in [6, 6.07) is 5.12. The topological polar surface area (TPSA) is 47.8 Å². The molecule has 0 saturated carbocycles. The summed E-state index contributed by atoms with van der Waals surface area (Å²) in [6.07, 6.45) is 1.94. The highest BCUT2D eigenvalue weighted by Crippen LogP contribution is 2.21. The number of carbonyl (C=O) groups excluding carboxylic acids is 1. The molecule has 2 aromatic rings. The fourth-order valence-electron chi connectivity index (χ4n) is 1.60. The number of aryl methyl sites for hydroxylation is 1. The van der Waals surface area contributed by atoms with E-state index in [0.717, 1.165) is 5.56 Å². The van der Waals surface area contributed by atoms with Crippen molar-refractivity contribution >= 4 is 29.0 Å². The van der Waals surface area contributed by atoms with Crippen LogP contribution in [0.1, 0.15) is 11.4 Å². The normalized spacial score (nSPS) is 10.6. The molecular formula is C12H11Cl2N3O. The van der Waals surface area contributed by atoms with Gasteiger partial charge in [0, 0.05) is 23.5 Å². The van der Waals surface area contributed by atoms with E-state index < -0.39 is 0 Å². The van der Waals surface area contributed by atoms with Crippen molar-refractivity contribution in [2.75, 3.05) is 0 Å². The van der Waals surface area contributed by atoms with Gasteiger partial charge in [-0.1, -0.05) is 29.3 Å². The quantitative estimate of drug-likeness (QED) is 0.866. The Labute approximate surface area is 115 Å². The van der Waals surface area contributed by atoms with Gasteiger partial charge in [0.05, 0.1) is 6.42 Å². The van der Waals surface area contributed by atoms with Crippen LogP contribution in [0.2, 0.25) is 10.0 Å². The fourth-order valence-corrected chi connectivity index (χ4v) is 2.07. The Balaban J connectivity index is 2.05. The monoisotopic (exact) mass is 283 g/mol. The number of aromatic nitrogens is 3. The number of benzene rings is 1. The lowest BCUT2D eigenvalue weighted by Gasteiger charge is -2.04. The molecule has 0 spiro atoms. The summed E-state index contributed by atoms with van der Waals surface area (Å²) in [7, 11) is 1.75. The molecule has 0 fully saturated rings. The summed E-state index contributed by atoms with van der Waals surface area (Å²) in [6.45, 7) is 0. The van der Waals surface area contributed by atoms with Crippen molar-refractivity contribution in [2.24, 2.45) is 7.05 Å². The van der Waals surface area contributed by atoms with Gasteiger partial charge in [-0.25, -0.2) is 4.98 Å². The molecule has 0 saturated heterocycles. The first kappa shape index (κ1) is 13.1. The lowest BCUT2D eigenvalue weighted by molar-refractivity contribution is -0.117. The molecular weight excluding hydrogens is 273 g/mol. The number of halogens is 2. The summed E-state index contributed by atoms with van der Waals surface area (Å²) in [4.78, 5) is 15.9. The van der Waals surface area contributed by atoms with Crippen molar-refractivity contribution in [2.45, 2.75) is 12.8 Å². The lowest BCUT2D eigenvalue weighted by atomic mass is 10.1. The van der Waals surface area contributed by atoms with Gasteiger partial charge in [-0.05, 0) is 17.7 Å². The molecule has 18 heavy (non-hydrogen) atoms. The second kappa shape index (κ2) is 5.50. The van der Waals surface area contributed by atoms with Crippen molar-refractivity contribution in [3.63, 3.8) is 0 Å². The molecule has 1 aromatic carbocycles. The maximum absolute atomic E-state index is 11.9. The Morgan fingerprint density at radius 2 is 2.11 bits per heavy atom. The summed E-state index contributed by atoms with van der Waals surface area (Å²) >= 11 is 11.8. The molecule has 0 N–H and O–H groups in total. The highest BCUT2D eigenvalue weighted by Gasteiger charge is 2.11. The fraction of sp³-hybridized carbons (Fsp3) is 0.250. The number of carbonyl (C=O) groups is 1. The molecule has 0 aliphatic carbocycles. The minimum absolute atomic E-state index is 0.0373. The average Bonchev–Trinajstić information content (AvgIpc) is 2.69. The number of ketones is 1. The third-order valence-electron chi connectivity index (χ3n) is 2.56. The Kier molecular flexibility index (Phi) is 3.99. The molecule has 0 amide bonds. The van der Waals surface area contributed by atoms with Gasteiger partial charge in [0.25, 0.3) is 0 Å². The van der Waals surface area contributed by atoms with Crippen molar-refractivity contribution in [1.82, 2.24) is 14.8 Å². The molecule has 2 rings (SSSR count). The molecule has 6 heteroatoms. The zero-order valence-corrected chi connectivity index (χ0v) is 11.2. The highest BCUT2D eigenvalue weighted by atomic mass is 35.5. The Morgan fingerprint density at radius 1 is 1.33 bits per heavy atom. The van der Waals surface area contributed by atoms with Crippen LogP contribution in [0, 0.1) is 0 Å². The van der Waals surface area contributed by atoms with Crippen LogP contribution < -0.4 is 0 Å². The maximum atomic E-state index is 11.9. The van der Waals surface area contributed by atoms with Crippen LogP contribution in [-0.2, 0) is 24.7 Å². The van der Waals surface area contributed by atoms with E-state index in [1.165, 1.54) is 6.33 Å². The SMILES string of the molecule is Cn1ncnc1CC(=O)Cc1ccc(Cl)cc1Cl. The van der Waals surface area contributed by atoms with Crippen LogP contribution in [0.3, 0.4) is 0 Å². The van der Waals surface area contributed by atoms with E-state index in [4.69, 9.17) is 23.2 Å². The molecule has 1 heterocycles. The first-order valence-electron chi connectivity index (χ1n) is 5.35. The number of Topliss-reactive ketones (excluding diaryl/α,β-unsaturated/α-hetero) is 1. The molecule has 0 bridgehead atoms.